The first-order chi connectivity index (χ1) is 47.1. The van der Waals surface area contributed by atoms with Crippen LogP contribution in [0.3, 0.4) is 0 Å². The molecule has 0 N–H and O–H groups in total. The number of fused-ring (bicyclic) bond motifs is 11. The molecule has 1 aliphatic rings. The first-order valence-corrected chi connectivity index (χ1v) is 38.8. The Labute approximate surface area is 592 Å². The van der Waals surface area contributed by atoms with Crippen LogP contribution in [0.15, 0.2) is 271 Å². The van der Waals surface area contributed by atoms with E-state index in [0.29, 0.717) is 0 Å². The molecule has 0 fully saturated rings. The summed E-state index contributed by atoms with van der Waals surface area (Å²) in [6.45, 7) is 37.3. The number of rotatable bonds is 11. The number of para-hydroxylation sites is 3. The lowest BCUT2D eigenvalue weighted by atomic mass is 9.67. The minimum absolute atomic E-state index is 0.0122. The third-order valence-electron chi connectivity index (χ3n) is 21.5. The summed E-state index contributed by atoms with van der Waals surface area (Å²) in [4.78, 5) is 5.04. The molecule has 15 rings (SSSR count). The molecule has 1 atom stereocenters. The molecule has 494 valence electrons. The summed E-state index contributed by atoms with van der Waals surface area (Å²) in [5.74, 6) is 0. The summed E-state index contributed by atoms with van der Waals surface area (Å²) in [5, 5.41) is 8.72. The van der Waals surface area contributed by atoms with Crippen LogP contribution in [0.4, 0.5) is 34.1 Å². The van der Waals surface area contributed by atoms with Crippen LogP contribution >= 0.6 is 11.3 Å². The summed E-state index contributed by atoms with van der Waals surface area (Å²) >= 11 is 1.89. The van der Waals surface area contributed by atoms with Crippen LogP contribution in [0.5, 0.6) is 0 Å². The van der Waals surface area contributed by atoms with Crippen molar-refractivity contribution in [2.75, 3.05) is 9.80 Å². The van der Waals surface area contributed by atoms with Gasteiger partial charge in [-0.3, -0.25) is 0 Å². The highest BCUT2D eigenvalue weighted by Gasteiger charge is 2.51. The SMILES string of the molecule is CC(C)(C)c1ccc(N(c2ccccc2)c2cc3c(c4c2sc2ccccc24)-c2c(cc(N(c4ccccc4)c4ccc(C(C)(C)C)cc4)c4c2oc2ccccc24)C3(c2ccc(C(C)(C)C)cc2)c2ccc([Si](C)(c3ccc(C(C)(C)C)cc3)c3ccc(C(C)(C)C)cc3)cc2)cc1. The average molecular weight is 1330 g/mol. The summed E-state index contributed by atoms with van der Waals surface area (Å²) in [6.07, 6.45) is 0. The Balaban J connectivity index is 1.12. The quantitative estimate of drug-likeness (QED) is 0.0950. The molecule has 3 nitrogen and oxygen atoms in total. The molecular formula is C94H92N2OSSi. The van der Waals surface area contributed by atoms with Gasteiger partial charge in [0.1, 0.15) is 19.2 Å². The van der Waals surface area contributed by atoms with Gasteiger partial charge in [-0.15, -0.1) is 11.3 Å². The summed E-state index contributed by atoms with van der Waals surface area (Å²) < 4.78 is 10.2. The molecule has 99 heavy (non-hydrogen) atoms. The number of thiophene rings is 1. The lowest BCUT2D eigenvalue weighted by Crippen LogP contribution is -2.64. The molecule has 2 heterocycles. The molecule has 14 aromatic rings. The van der Waals surface area contributed by atoms with Crippen molar-refractivity contribution in [3.05, 3.63) is 317 Å². The van der Waals surface area contributed by atoms with Crippen molar-refractivity contribution < 1.29 is 4.42 Å². The zero-order chi connectivity index (χ0) is 69.3. The monoisotopic (exact) mass is 1320 g/mol. The van der Waals surface area contributed by atoms with Gasteiger partial charge in [-0.1, -0.05) is 305 Å². The van der Waals surface area contributed by atoms with Gasteiger partial charge in [0.2, 0.25) is 0 Å². The first kappa shape index (κ1) is 65.4. The van der Waals surface area contributed by atoms with E-state index in [4.69, 9.17) is 4.42 Å². The van der Waals surface area contributed by atoms with Crippen molar-refractivity contribution in [2.45, 2.75) is 143 Å². The van der Waals surface area contributed by atoms with Gasteiger partial charge >= 0.3 is 0 Å². The molecular weight excluding hydrogens is 1230 g/mol. The fourth-order valence-electron chi connectivity index (χ4n) is 15.7. The highest BCUT2D eigenvalue weighted by Crippen LogP contribution is 2.65. The average Bonchev–Trinajstić information content (AvgIpc) is 1.51. The summed E-state index contributed by atoms with van der Waals surface area (Å²) in [7, 11) is -2.75. The molecule has 2 aromatic heterocycles. The molecule has 0 radical (unpaired) electrons. The number of benzene rings is 12. The molecule has 12 aromatic carbocycles. The normalized spacial score (nSPS) is 14.5. The van der Waals surface area contributed by atoms with E-state index >= 15 is 0 Å². The fraction of sp³-hybridized carbons (Fsp3) is 0.234. The summed E-state index contributed by atoms with van der Waals surface area (Å²) in [5.41, 5.74) is 20.7. The second-order valence-corrected chi connectivity index (χ2v) is 38.1. The molecule has 0 amide bonds. The summed E-state index contributed by atoms with van der Waals surface area (Å²) in [6, 6.07) is 103. The van der Waals surface area contributed by atoms with Gasteiger partial charge in [0.05, 0.1) is 26.9 Å². The predicted octanol–water partition coefficient (Wildman–Crippen LogP) is 24.8. The smallest absolute Gasteiger partial charge is 0.145 e. The molecule has 1 unspecified atom stereocenters. The second kappa shape index (κ2) is 23.9. The van der Waals surface area contributed by atoms with E-state index in [0.717, 1.165) is 61.6 Å². The number of furan rings is 1. The van der Waals surface area contributed by atoms with Crippen molar-refractivity contribution in [1.29, 1.82) is 0 Å². The third-order valence-corrected chi connectivity index (χ3v) is 27.2. The van der Waals surface area contributed by atoms with Crippen LogP contribution in [0.2, 0.25) is 6.55 Å². The molecule has 0 aliphatic heterocycles. The molecule has 5 heteroatoms. The van der Waals surface area contributed by atoms with Crippen LogP contribution in [-0.4, -0.2) is 8.07 Å². The van der Waals surface area contributed by atoms with Crippen LogP contribution in [-0.2, 0) is 32.5 Å². The first-order valence-electron chi connectivity index (χ1n) is 35.5. The van der Waals surface area contributed by atoms with Crippen molar-refractivity contribution >= 4 is 111 Å². The van der Waals surface area contributed by atoms with Gasteiger partial charge in [-0.2, -0.15) is 0 Å². The molecule has 0 saturated heterocycles. The number of anilines is 6. The van der Waals surface area contributed by atoms with Gasteiger partial charge in [0.15, 0.2) is 0 Å². The zero-order valence-electron chi connectivity index (χ0n) is 60.6. The highest BCUT2D eigenvalue weighted by molar-refractivity contribution is 7.26. The largest absolute Gasteiger partial charge is 0.455 e. The topological polar surface area (TPSA) is 19.6 Å². The van der Waals surface area contributed by atoms with Crippen molar-refractivity contribution in [1.82, 2.24) is 0 Å². The lowest BCUT2D eigenvalue weighted by Gasteiger charge is -2.37. The van der Waals surface area contributed by atoms with E-state index in [9.17, 15) is 0 Å². The second-order valence-electron chi connectivity index (χ2n) is 33.1. The lowest BCUT2D eigenvalue weighted by molar-refractivity contribution is 0.589. The van der Waals surface area contributed by atoms with Crippen molar-refractivity contribution in [3.63, 3.8) is 0 Å². The van der Waals surface area contributed by atoms with Crippen LogP contribution in [0.25, 0.3) is 53.2 Å². The third kappa shape index (κ3) is 11.1. The Kier molecular flexibility index (Phi) is 15.8. The van der Waals surface area contributed by atoms with Gasteiger partial charge in [-0.25, -0.2) is 0 Å². The number of hydrogen-bond donors (Lipinski definition) is 0. The minimum atomic E-state index is -2.75. The maximum atomic E-state index is 7.79. The maximum Gasteiger partial charge on any atom is 0.145 e. The van der Waals surface area contributed by atoms with E-state index in [2.05, 4.69) is 387 Å². The Bertz CT molecular complexity index is 5280. The minimum Gasteiger partial charge on any atom is -0.455 e. The highest BCUT2D eigenvalue weighted by atomic mass is 32.1. The van der Waals surface area contributed by atoms with Gasteiger partial charge in [0.25, 0.3) is 0 Å². The van der Waals surface area contributed by atoms with Gasteiger partial charge < -0.3 is 14.2 Å². The molecule has 0 bridgehead atoms. The Morgan fingerprint density at radius 2 is 0.677 bits per heavy atom. The maximum absolute atomic E-state index is 7.79. The Morgan fingerprint density at radius 1 is 0.333 bits per heavy atom. The number of hydrogen-bond acceptors (Lipinski definition) is 4. The van der Waals surface area contributed by atoms with Crippen molar-refractivity contribution in [3.8, 4) is 11.1 Å². The van der Waals surface area contributed by atoms with Crippen LogP contribution < -0.4 is 25.4 Å². The van der Waals surface area contributed by atoms with Crippen molar-refractivity contribution in [2.24, 2.45) is 0 Å². The van der Waals surface area contributed by atoms with E-state index in [1.54, 1.807) is 0 Å². The van der Waals surface area contributed by atoms with E-state index in [1.807, 2.05) is 11.3 Å². The van der Waals surface area contributed by atoms with Gasteiger partial charge in [-0.05, 0) is 171 Å². The Hall–Kier alpha value is -9.52. The Morgan fingerprint density at radius 3 is 1.13 bits per heavy atom. The van der Waals surface area contributed by atoms with E-state index in [-0.39, 0.29) is 27.1 Å². The predicted molar refractivity (Wildman–Crippen MR) is 430 cm³/mol. The number of nitrogens with zero attached hydrogens (tertiary/aromatic N) is 2. The van der Waals surface area contributed by atoms with Gasteiger partial charge in [0, 0.05) is 49.2 Å². The fourth-order valence-corrected chi connectivity index (χ4v) is 20.5. The molecule has 1 aliphatic carbocycles. The van der Waals surface area contributed by atoms with E-state index < -0.39 is 13.5 Å². The molecule has 0 saturated carbocycles. The van der Waals surface area contributed by atoms with Crippen LogP contribution in [0, 0.1) is 0 Å². The van der Waals surface area contributed by atoms with E-state index in [1.165, 1.54) is 91.4 Å². The zero-order valence-corrected chi connectivity index (χ0v) is 62.4. The molecule has 0 spiro atoms. The standard InChI is InChI=1S/C94H92N2OSSi/c1-89(2,3)61-35-37-66(38-36-61)94(67-47-57-74(58-48-67)99(16,72-53-43-64(44-54-72)92(10,11)12)73-55-45-65(46-56-73)93(13,14)15)77-60-80(96(69-29-21-18-22-30-69)71-51-41-63(42-52-71)91(7,8)9)88-84(76-32-24-26-34-82(76)98-88)85(77)86-78(94)59-79(83-75-31-23-25-33-81(75)97-87(83)86)95(68-27-19-17-20-28-68)70-49-39-62(40-50-70)90(4,5)6/h17-60H,1-16H3. The van der Waals surface area contributed by atoms with Crippen LogP contribution in [0.1, 0.15) is 154 Å².